The molecule has 0 saturated heterocycles. The second-order valence-electron chi connectivity index (χ2n) is 7.21. The average Bonchev–Trinajstić information content (AvgIpc) is 3.50. The van der Waals surface area contributed by atoms with Gasteiger partial charge >= 0.3 is 5.97 Å². The highest BCUT2D eigenvalue weighted by Gasteiger charge is 2.35. The van der Waals surface area contributed by atoms with Gasteiger partial charge in [-0.1, -0.05) is 6.07 Å². The van der Waals surface area contributed by atoms with Gasteiger partial charge in [0.05, 0.1) is 36.4 Å². The Labute approximate surface area is 189 Å². The number of nitriles is 1. The fraction of sp³-hybridized carbons (Fsp3) is 0.364. The van der Waals surface area contributed by atoms with Gasteiger partial charge in [0.1, 0.15) is 5.54 Å². The zero-order chi connectivity index (χ0) is 23.1. The summed E-state index contributed by atoms with van der Waals surface area (Å²) in [7, 11) is 2.84. The number of amides is 2. The van der Waals surface area contributed by atoms with Crippen LogP contribution in [-0.2, 0) is 9.53 Å². The van der Waals surface area contributed by atoms with Crippen molar-refractivity contribution in [1.29, 1.82) is 5.26 Å². The minimum atomic E-state index is -0.910. The Balaban J connectivity index is 1.76. The summed E-state index contributed by atoms with van der Waals surface area (Å²) in [6.07, 6.45) is 2.84. The van der Waals surface area contributed by atoms with E-state index in [1.807, 2.05) is 0 Å². The number of nitrogens with zero attached hydrogens (tertiary/aromatic N) is 1. The number of hydrogen-bond acceptors (Lipinski definition) is 8. The number of esters is 1. The van der Waals surface area contributed by atoms with Gasteiger partial charge in [-0.25, -0.2) is 4.79 Å². The fourth-order valence-electron chi connectivity index (χ4n) is 3.50. The van der Waals surface area contributed by atoms with E-state index in [0.717, 1.165) is 12.8 Å². The largest absolute Gasteiger partial charge is 0.493 e. The molecule has 32 heavy (non-hydrogen) atoms. The molecule has 2 N–H and O–H groups in total. The number of rotatable bonds is 8. The lowest BCUT2D eigenvalue weighted by atomic mass is 10.00. The molecule has 168 valence electrons. The third-order valence-corrected chi connectivity index (χ3v) is 5.99. The maximum Gasteiger partial charge on any atom is 0.340 e. The van der Waals surface area contributed by atoms with Gasteiger partial charge in [0.15, 0.2) is 18.1 Å². The number of hydrogen-bond donors (Lipinski definition) is 2. The molecule has 1 fully saturated rings. The maximum atomic E-state index is 12.8. The molecule has 0 unspecified atom stereocenters. The zero-order valence-electron chi connectivity index (χ0n) is 17.7. The molecule has 9 nitrogen and oxygen atoms in total. The Kier molecular flexibility index (Phi) is 7.33. The molecule has 10 heteroatoms. The van der Waals surface area contributed by atoms with Crippen LogP contribution in [0.15, 0.2) is 29.6 Å². The number of carbonyl (C=O) groups is 3. The van der Waals surface area contributed by atoms with Crippen LogP contribution in [-0.4, -0.2) is 44.1 Å². The molecular formula is C22H23N3O6S. The lowest BCUT2D eigenvalue weighted by Crippen LogP contribution is -2.46. The summed E-state index contributed by atoms with van der Waals surface area (Å²) in [4.78, 5) is 38.0. The average molecular weight is 458 g/mol. The van der Waals surface area contributed by atoms with Crippen LogP contribution in [0.2, 0.25) is 0 Å². The van der Waals surface area contributed by atoms with E-state index in [1.165, 1.54) is 37.7 Å². The summed E-state index contributed by atoms with van der Waals surface area (Å²) < 4.78 is 15.7. The van der Waals surface area contributed by atoms with Crippen molar-refractivity contribution >= 4 is 34.8 Å². The molecular weight excluding hydrogens is 434 g/mol. The van der Waals surface area contributed by atoms with E-state index in [9.17, 15) is 19.6 Å². The molecule has 1 aromatic heterocycles. The normalized spacial score (nSPS) is 14.2. The van der Waals surface area contributed by atoms with Crippen molar-refractivity contribution in [2.24, 2.45) is 0 Å². The monoisotopic (exact) mass is 457 g/mol. The highest BCUT2D eigenvalue weighted by Crippen LogP contribution is 2.34. The summed E-state index contributed by atoms with van der Waals surface area (Å²) in [6.45, 7) is -0.561. The summed E-state index contributed by atoms with van der Waals surface area (Å²) in [5.41, 5.74) is -0.765. The number of benzene rings is 1. The van der Waals surface area contributed by atoms with E-state index in [0.29, 0.717) is 23.5 Å². The van der Waals surface area contributed by atoms with Crippen LogP contribution in [0.1, 0.15) is 45.7 Å². The van der Waals surface area contributed by atoms with Gasteiger partial charge in [-0.05, 0) is 37.1 Å². The number of anilines is 1. The highest BCUT2D eigenvalue weighted by molar-refractivity contribution is 7.12. The zero-order valence-corrected chi connectivity index (χ0v) is 18.5. The second kappa shape index (κ2) is 10.2. The molecule has 3 rings (SSSR count). The Bertz CT molecular complexity index is 1040. The van der Waals surface area contributed by atoms with E-state index < -0.39 is 29.9 Å². The molecule has 1 aliphatic rings. The third-order valence-electron chi connectivity index (χ3n) is 5.12. The summed E-state index contributed by atoms with van der Waals surface area (Å²) in [6, 6.07) is 8.36. The third kappa shape index (κ3) is 5.18. The van der Waals surface area contributed by atoms with E-state index in [4.69, 9.17) is 14.2 Å². The summed E-state index contributed by atoms with van der Waals surface area (Å²) in [5.74, 6) is -1.24. The molecule has 1 saturated carbocycles. The Hall–Kier alpha value is -3.58. The van der Waals surface area contributed by atoms with Crippen molar-refractivity contribution < 1.29 is 28.6 Å². The summed E-state index contributed by atoms with van der Waals surface area (Å²) >= 11 is 1.25. The highest BCUT2D eigenvalue weighted by atomic mass is 32.1. The van der Waals surface area contributed by atoms with E-state index in [2.05, 4.69) is 16.7 Å². The van der Waals surface area contributed by atoms with Crippen LogP contribution >= 0.6 is 11.3 Å². The molecule has 1 heterocycles. The minimum absolute atomic E-state index is 0.00350. The molecule has 1 aromatic carbocycles. The molecule has 0 aliphatic heterocycles. The van der Waals surface area contributed by atoms with E-state index >= 15 is 0 Å². The lowest BCUT2D eigenvalue weighted by molar-refractivity contribution is -0.125. The van der Waals surface area contributed by atoms with Crippen molar-refractivity contribution in [3.05, 3.63) is 40.1 Å². The molecule has 0 atom stereocenters. The number of carbonyl (C=O) groups excluding carboxylic acids is 3. The number of thiophene rings is 1. The first-order valence-electron chi connectivity index (χ1n) is 9.91. The van der Waals surface area contributed by atoms with Crippen molar-refractivity contribution in [2.45, 2.75) is 31.2 Å². The predicted molar refractivity (Wildman–Crippen MR) is 117 cm³/mol. The van der Waals surface area contributed by atoms with Gasteiger partial charge < -0.3 is 24.8 Å². The predicted octanol–water partition coefficient (Wildman–Crippen LogP) is 3.13. The first-order valence-corrected chi connectivity index (χ1v) is 10.8. The number of methoxy groups -OCH3 is 2. The molecule has 2 aromatic rings. The maximum absolute atomic E-state index is 12.8. The Morgan fingerprint density at radius 2 is 1.84 bits per heavy atom. The van der Waals surface area contributed by atoms with Gasteiger partial charge in [-0.15, -0.1) is 11.3 Å². The first kappa shape index (κ1) is 23.1. The Morgan fingerprint density at radius 3 is 2.44 bits per heavy atom. The second-order valence-corrected chi connectivity index (χ2v) is 8.16. The fourth-order valence-corrected chi connectivity index (χ4v) is 4.12. The van der Waals surface area contributed by atoms with Gasteiger partial charge in [0, 0.05) is 12.1 Å². The number of ether oxygens (including phenoxy) is 3. The van der Waals surface area contributed by atoms with Crippen molar-refractivity contribution in [3.8, 4) is 17.6 Å². The first-order chi connectivity index (χ1) is 15.4. The van der Waals surface area contributed by atoms with Crippen LogP contribution in [0.25, 0.3) is 0 Å². The standard InChI is InChI=1S/C22H23N3O6S/c1-29-16-10-14(15(11-17(16)30-2)24-20(27)18-6-5-9-32-18)21(28)31-12-19(26)25-22(13-23)7-3-4-8-22/h5-6,9-11H,3-4,7-8,12H2,1-2H3,(H,24,27)(H,25,26). The van der Waals surface area contributed by atoms with Crippen LogP contribution in [0.5, 0.6) is 11.5 Å². The van der Waals surface area contributed by atoms with Gasteiger partial charge in [0.25, 0.3) is 11.8 Å². The SMILES string of the molecule is COc1cc(NC(=O)c2cccs2)c(C(=O)OCC(=O)NC2(C#N)CCCC2)cc1OC. The molecule has 0 spiro atoms. The smallest absolute Gasteiger partial charge is 0.340 e. The lowest BCUT2D eigenvalue weighted by Gasteiger charge is -2.21. The van der Waals surface area contributed by atoms with Crippen molar-refractivity contribution in [2.75, 3.05) is 26.1 Å². The van der Waals surface area contributed by atoms with Crippen LogP contribution in [0.4, 0.5) is 5.69 Å². The number of nitrogens with one attached hydrogen (secondary N) is 2. The molecule has 0 radical (unpaired) electrons. The Morgan fingerprint density at radius 1 is 1.16 bits per heavy atom. The molecule has 2 amide bonds. The minimum Gasteiger partial charge on any atom is -0.493 e. The summed E-state index contributed by atoms with van der Waals surface area (Å²) in [5, 5.41) is 16.5. The molecule has 0 bridgehead atoms. The van der Waals surface area contributed by atoms with Gasteiger partial charge in [0.2, 0.25) is 0 Å². The van der Waals surface area contributed by atoms with E-state index in [-0.39, 0.29) is 17.0 Å². The molecule has 1 aliphatic carbocycles. The van der Waals surface area contributed by atoms with E-state index in [1.54, 1.807) is 17.5 Å². The van der Waals surface area contributed by atoms with Crippen LogP contribution < -0.4 is 20.1 Å². The van der Waals surface area contributed by atoms with Crippen molar-refractivity contribution in [3.63, 3.8) is 0 Å². The topological polar surface area (TPSA) is 127 Å². The van der Waals surface area contributed by atoms with Crippen LogP contribution in [0.3, 0.4) is 0 Å². The van der Waals surface area contributed by atoms with Crippen LogP contribution in [0, 0.1) is 11.3 Å². The van der Waals surface area contributed by atoms with Gasteiger partial charge in [-0.2, -0.15) is 5.26 Å². The van der Waals surface area contributed by atoms with Gasteiger partial charge in [-0.3, -0.25) is 9.59 Å². The quantitative estimate of drug-likeness (QED) is 0.583. The van der Waals surface area contributed by atoms with Crippen molar-refractivity contribution in [1.82, 2.24) is 5.32 Å².